The SMILES string of the molecule is CCOCC(C)(OC)OC. The topological polar surface area (TPSA) is 27.7 Å². The van der Waals surface area contributed by atoms with Gasteiger partial charge in [-0.25, -0.2) is 0 Å². The molecule has 0 bridgehead atoms. The van der Waals surface area contributed by atoms with Crippen molar-refractivity contribution in [2.24, 2.45) is 0 Å². The molecule has 0 aromatic heterocycles. The molecule has 0 spiro atoms. The van der Waals surface area contributed by atoms with Gasteiger partial charge in [0.2, 0.25) is 0 Å². The summed E-state index contributed by atoms with van der Waals surface area (Å²) in [7, 11) is 3.20. The molecule has 0 aliphatic carbocycles. The summed E-state index contributed by atoms with van der Waals surface area (Å²) in [6.45, 7) is 4.92. The van der Waals surface area contributed by atoms with Gasteiger partial charge >= 0.3 is 0 Å². The molecule has 0 rings (SSSR count). The van der Waals surface area contributed by atoms with Crippen molar-refractivity contribution in [2.45, 2.75) is 19.6 Å². The Bertz CT molecular complexity index is 78.9. The largest absolute Gasteiger partial charge is 0.376 e. The quantitative estimate of drug-likeness (QED) is 0.545. The van der Waals surface area contributed by atoms with E-state index < -0.39 is 5.79 Å². The Balaban J connectivity index is 3.58. The second-order valence-electron chi connectivity index (χ2n) is 2.18. The molecule has 3 heteroatoms. The van der Waals surface area contributed by atoms with Crippen LogP contribution in [-0.4, -0.2) is 33.2 Å². The number of rotatable bonds is 5. The summed E-state index contributed by atoms with van der Waals surface area (Å²) in [4.78, 5) is 0. The van der Waals surface area contributed by atoms with E-state index in [2.05, 4.69) is 0 Å². The van der Waals surface area contributed by atoms with E-state index in [0.29, 0.717) is 13.2 Å². The molecule has 0 saturated carbocycles. The van der Waals surface area contributed by atoms with E-state index in [4.69, 9.17) is 14.2 Å². The van der Waals surface area contributed by atoms with E-state index >= 15 is 0 Å². The van der Waals surface area contributed by atoms with Crippen LogP contribution < -0.4 is 0 Å². The molecule has 10 heavy (non-hydrogen) atoms. The Morgan fingerprint density at radius 1 is 1.20 bits per heavy atom. The van der Waals surface area contributed by atoms with Gasteiger partial charge in [-0.2, -0.15) is 0 Å². The summed E-state index contributed by atoms with van der Waals surface area (Å²) in [6, 6.07) is 0. The highest BCUT2D eigenvalue weighted by Gasteiger charge is 2.21. The van der Waals surface area contributed by atoms with Crippen LogP contribution in [0.15, 0.2) is 0 Å². The van der Waals surface area contributed by atoms with Crippen LogP contribution >= 0.6 is 0 Å². The molecule has 0 radical (unpaired) electrons. The second kappa shape index (κ2) is 4.66. The average molecular weight is 148 g/mol. The van der Waals surface area contributed by atoms with Crippen molar-refractivity contribution in [3.63, 3.8) is 0 Å². The third-order valence-electron chi connectivity index (χ3n) is 1.43. The van der Waals surface area contributed by atoms with Crippen molar-refractivity contribution in [2.75, 3.05) is 27.4 Å². The van der Waals surface area contributed by atoms with Gasteiger partial charge in [-0.3, -0.25) is 0 Å². The smallest absolute Gasteiger partial charge is 0.188 e. The van der Waals surface area contributed by atoms with Crippen LogP contribution in [0.3, 0.4) is 0 Å². The van der Waals surface area contributed by atoms with E-state index in [9.17, 15) is 0 Å². The lowest BCUT2D eigenvalue weighted by molar-refractivity contribution is -0.221. The highest BCUT2D eigenvalue weighted by atomic mass is 16.7. The molecule has 0 atom stereocenters. The Morgan fingerprint density at radius 2 is 1.70 bits per heavy atom. The average Bonchev–Trinajstić information content (AvgIpc) is 2.00. The van der Waals surface area contributed by atoms with Crippen molar-refractivity contribution < 1.29 is 14.2 Å². The van der Waals surface area contributed by atoms with Gasteiger partial charge in [0, 0.05) is 20.8 Å². The molecule has 0 fully saturated rings. The molecule has 0 aromatic rings. The highest BCUT2D eigenvalue weighted by molar-refractivity contribution is 4.58. The van der Waals surface area contributed by atoms with Crippen LogP contribution in [0, 0.1) is 0 Å². The second-order valence-corrected chi connectivity index (χ2v) is 2.18. The van der Waals surface area contributed by atoms with E-state index in [1.165, 1.54) is 0 Å². The first-order valence-corrected chi connectivity index (χ1v) is 3.36. The maximum atomic E-state index is 5.13. The van der Waals surface area contributed by atoms with Gasteiger partial charge in [-0.15, -0.1) is 0 Å². The summed E-state index contributed by atoms with van der Waals surface area (Å²) in [5.41, 5.74) is 0. The zero-order valence-electron chi connectivity index (χ0n) is 7.14. The monoisotopic (exact) mass is 148 g/mol. The minimum Gasteiger partial charge on any atom is -0.376 e. The summed E-state index contributed by atoms with van der Waals surface area (Å²) < 4.78 is 15.2. The van der Waals surface area contributed by atoms with E-state index in [-0.39, 0.29) is 0 Å². The summed E-state index contributed by atoms with van der Waals surface area (Å²) in [5.74, 6) is -0.587. The van der Waals surface area contributed by atoms with Crippen LogP contribution in [0.1, 0.15) is 13.8 Å². The fourth-order valence-electron chi connectivity index (χ4n) is 0.489. The molecule has 0 unspecified atom stereocenters. The third-order valence-corrected chi connectivity index (χ3v) is 1.43. The lowest BCUT2D eigenvalue weighted by atomic mass is 10.3. The molecule has 0 heterocycles. The Morgan fingerprint density at radius 3 is 2.00 bits per heavy atom. The molecular formula is C7H16O3. The Labute approximate surface area is 62.3 Å². The maximum absolute atomic E-state index is 5.13. The number of hydrogen-bond acceptors (Lipinski definition) is 3. The highest BCUT2D eigenvalue weighted by Crippen LogP contribution is 2.09. The molecule has 0 aliphatic rings. The number of ether oxygens (including phenoxy) is 3. The fourth-order valence-corrected chi connectivity index (χ4v) is 0.489. The van der Waals surface area contributed by atoms with Gasteiger partial charge in [0.25, 0.3) is 0 Å². The Kier molecular flexibility index (Phi) is 4.60. The first-order chi connectivity index (χ1) is 4.68. The van der Waals surface area contributed by atoms with Gasteiger partial charge in [0.15, 0.2) is 5.79 Å². The molecule has 3 nitrogen and oxygen atoms in total. The first-order valence-electron chi connectivity index (χ1n) is 3.36. The molecule has 0 N–H and O–H groups in total. The minimum absolute atomic E-state index is 0.469. The summed E-state index contributed by atoms with van der Waals surface area (Å²) >= 11 is 0. The van der Waals surface area contributed by atoms with Crippen LogP contribution in [0.4, 0.5) is 0 Å². The van der Waals surface area contributed by atoms with Crippen LogP contribution in [-0.2, 0) is 14.2 Å². The van der Waals surface area contributed by atoms with Crippen molar-refractivity contribution in [1.29, 1.82) is 0 Å². The van der Waals surface area contributed by atoms with Crippen molar-refractivity contribution in [3.05, 3.63) is 0 Å². The van der Waals surface area contributed by atoms with Crippen LogP contribution in [0.2, 0.25) is 0 Å². The zero-order valence-corrected chi connectivity index (χ0v) is 7.14. The van der Waals surface area contributed by atoms with E-state index in [0.717, 1.165) is 0 Å². The van der Waals surface area contributed by atoms with Crippen molar-refractivity contribution in [1.82, 2.24) is 0 Å². The van der Waals surface area contributed by atoms with Gasteiger partial charge in [0.05, 0.1) is 0 Å². The van der Waals surface area contributed by atoms with Crippen LogP contribution in [0.5, 0.6) is 0 Å². The molecule has 0 amide bonds. The van der Waals surface area contributed by atoms with Gasteiger partial charge in [0.1, 0.15) is 6.61 Å². The summed E-state index contributed by atoms with van der Waals surface area (Å²) in [6.07, 6.45) is 0. The normalized spacial score (nSPS) is 12.0. The van der Waals surface area contributed by atoms with Gasteiger partial charge in [-0.05, 0) is 13.8 Å². The predicted octanol–water partition coefficient (Wildman–Crippen LogP) is 1.03. The molecule has 0 aromatic carbocycles. The fraction of sp³-hybridized carbons (Fsp3) is 1.00. The van der Waals surface area contributed by atoms with Gasteiger partial charge < -0.3 is 14.2 Å². The predicted molar refractivity (Wildman–Crippen MR) is 38.9 cm³/mol. The van der Waals surface area contributed by atoms with E-state index in [1.807, 2.05) is 13.8 Å². The zero-order chi connectivity index (χ0) is 8.04. The standard InChI is InChI=1S/C7H16O3/c1-5-10-6-7(2,8-3)9-4/h5-6H2,1-4H3. The van der Waals surface area contributed by atoms with Crippen molar-refractivity contribution >= 4 is 0 Å². The van der Waals surface area contributed by atoms with E-state index in [1.54, 1.807) is 14.2 Å². The summed E-state index contributed by atoms with van der Waals surface area (Å²) in [5, 5.41) is 0. The van der Waals surface area contributed by atoms with Gasteiger partial charge in [-0.1, -0.05) is 0 Å². The molecule has 0 saturated heterocycles. The lowest BCUT2D eigenvalue weighted by Crippen LogP contribution is -2.35. The maximum Gasteiger partial charge on any atom is 0.188 e. The molecule has 62 valence electrons. The van der Waals surface area contributed by atoms with Crippen LogP contribution in [0.25, 0.3) is 0 Å². The minimum atomic E-state index is -0.587. The third kappa shape index (κ3) is 3.15. The molecule has 0 aliphatic heterocycles. The molecular weight excluding hydrogens is 132 g/mol. The lowest BCUT2D eigenvalue weighted by Gasteiger charge is -2.25. The van der Waals surface area contributed by atoms with Crippen molar-refractivity contribution in [3.8, 4) is 0 Å². The Hall–Kier alpha value is -0.120. The first kappa shape index (κ1) is 9.88. The number of hydrogen-bond donors (Lipinski definition) is 0. The number of methoxy groups -OCH3 is 2.